The molecule has 0 radical (unpaired) electrons. The molecule has 0 spiro atoms. The summed E-state index contributed by atoms with van der Waals surface area (Å²) in [6.45, 7) is 1.26. The highest BCUT2D eigenvalue weighted by atomic mass is 32.2. The van der Waals surface area contributed by atoms with Crippen LogP contribution in [0, 0.1) is 5.92 Å². The summed E-state index contributed by atoms with van der Waals surface area (Å²) in [4.78, 5) is 0. The van der Waals surface area contributed by atoms with Gasteiger partial charge in [-0.05, 0) is 0 Å². The first-order valence-corrected chi connectivity index (χ1v) is 5.03. The molecular weight excluding hydrogens is 187 g/mol. The number of hydrogen-bond acceptors (Lipinski definition) is 2. The second kappa shape index (κ2) is 3.87. The molecule has 0 aromatic rings. The molecule has 1 rings (SSSR count). The molecule has 1 unspecified atom stereocenters. The van der Waals surface area contributed by atoms with Gasteiger partial charge in [-0.1, -0.05) is 6.92 Å². The lowest BCUT2D eigenvalue weighted by Gasteiger charge is -2.28. The molecule has 0 aromatic carbocycles. The number of halogens is 3. The Balaban J connectivity index is 2.13. The van der Waals surface area contributed by atoms with Gasteiger partial charge in [0.1, 0.15) is 0 Å². The van der Waals surface area contributed by atoms with Crippen molar-refractivity contribution in [2.45, 2.75) is 19.1 Å². The van der Waals surface area contributed by atoms with E-state index in [1.54, 1.807) is 11.8 Å². The summed E-state index contributed by atoms with van der Waals surface area (Å²) in [6, 6.07) is 0.305. The molecule has 0 bridgehead atoms. The van der Waals surface area contributed by atoms with E-state index in [4.69, 9.17) is 0 Å². The average molecular weight is 199 g/mol. The predicted octanol–water partition coefficient (Wildman–Crippen LogP) is 1.89. The van der Waals surface area contributed by atoms with Crippen molar-refractivity contribution < 1.29 is 13.2 Å². The first-order valence-electron chi connectivity index (χ1n) is 3.88. The topological polar surface area (TPSA) is 12.0 Å². The molecule has 1 aliphatic rings. The number of thioether (sulfide) groups is 1. The van der Waals surface area contributed by atoms with Crippen molar-refractivity contribution in [1.29, 1.82) is 0 Å². The van der Waals surface area contributed by atoms with Crippen molar-refractivity contribution in [2.24, 2.45) is 5.92 Å². The van der Waals surface area contributed by atoms with Crippen LogP contribution in [-0.2, 0) is 0 Å². The van der Waals surface area contributed by atoms with Gasteiger partial charge in [-0.25, -0.2) is 0 Å². The monoisotopic (exact) mass is 199 g/mol. The summed E-state index contributed by atoms with van der Waals surface area (Å²) in [5.41, 5.74) is 0. The van der Waals surface area contributed by atoms with Crippen molar-refractivity contribution in [2.75, 3.05) is 18.1 Å². The largest absolute Gasteiger partial charge is 0.392 e. The van der Waals surface area contributed by atoms with E-state index in [2.05, 4.69) is 5.32 Å². The van der Waals surface area contributed by atoms with Gasteiger partial charge in [-0.2, -0.15) is 24.9 Å². The van der Waals surface area contributed by atoms with Gasteiger partial charge >= 0.3 is 6.18 Å². The molecular formula is C7H12F3NS. The Morgan fingerprint density at radius 3 is 2.42 bits per heavy atom. The molecule has 1 nitrogen and oxygen atoms in total. The van der Waals surface area contributed by atoms with Crippen molar-refractivity contribution in [3.63, 3.8) is 0 Å². The van der Waals surface area contributed by atoms with Crippen molar-refractivity contribution >= 4 is 11.8 Å². The normalized spacial score (nSPS) is 22.0. The van der Waals surface area contributed by atoms with Crippen molar-refractivity contribution in [1.82, 2.24) is 5.32 Å². The standard InChI is InChI=1S/C7H12F3NS/c1-5(7(8,9)10)2-11-6-3-12-4-6/h5-6,11H,2-4H2,1H3. The summed E-state index contributed by atoms with van der Waals surface area (Å²) < 4.78 is 35.9. The van der Waals surface area contributed by atoms with Crippen LogP contribution < -0.4 is 5.32 Å². The van der Waals surface area contributed by atoms with Crippen LogP contribution in [0.1, 0.15) is 6.92 Å². The summed E-state index contributed by atoms with van der Waals surface area (Å²) >= 11 is 1.76. The fourth-order valence-corrected chi connectivity index (χ4v) is 1.52. The number of nitrogens with one attached hydrogen (secondary N) is 1. The fraction of sp³-hybridized carbons (Fsp3) is 1.00. The minimum Gasteiger partial charge on any atom is -0.312 e. The van der Waals surface area contributed by atoms with E-state index < -0.39 is 12.1 Å². The third-order valence-electron chi connectivity index (χ3n) is 1.91. The lowest BCUT2D eigenvalue weighted by molar-refractivity contribution is -0.168. The number of rotatable bonds is 3. The van der Waals surface area contributed by atoms with E-state index in [0.29, 0.717) is 6.04 Å². The van der Waals surface area contributed by atoms with Crippen LogP contribution in [0.3, 0.4) is 0 Å². The van der Waals surface area contributed by atoms with Gasteiger partial charge in [0.2, 0.25) is 0 Å². The second-order valence-electron chi connectivity index (χ2n) is 3.09. The lowest BCUT2D eigenvalue weighted by atomic mass is 10.1. The number of hydrogen-bond donors (Lipinski definition) is 1. The Morgan fingerprint density at radius 2 is 2.08 bits per heavy atom. The highest BCUT2D eigenvalue weighted by molar-refractivity contribution is 8.00. The van der Waals surface area contributed by atoms with Crippen LogP contribution in [0.2, 0.25) is 0 Å². The molecule has 5 heteroatoms. The predicted molar refractivity (Wildman–Crippen MR) is 44.3 cm³/mol. The molecule has 1 aliphatic heterocycles. The molecule has 12 heavy (non-hydrogen) atoms. The Bertz CT molecular complexity index is 144. The molecule has 1 saturated heterocycles. The number of alkyl halides is 3. The van der Waals surface area contributed by atoms with E-state index >= 15 is 0 Å². The smallest absolute Gasteiger partial charge is 0.312 e. The van der Waals surface area contributed by atoms with Gasteiger partial charge in [-0.15, -0.1) is 0 Å². The summed E-state index contributed by atoms with van der Waals surface area (Å²) in [5.74, 6) is 0.665. The van der Waals surface area contributed by atoms with Crippen LogP contribution in [-0.4, -0.2) is 30.3 Å². The van der Waals surface area contributed by atoms with Gasteiger partial charge in [-0.3, -0.25) is 0 Å². The Hall–Kier alpha value is 0.100. The maximum Gasteiger partial charge on any atom is 0.392 e. The Labute approximate surface area is 74.1 Å². The quantitative estimate of drug-likeness (QED) is 0.745. The highest BCUT2D eigenvalue weighted by Gasteiger charge is 2.36. The fourth-order valence-electron chi connectivity index (χ4n) is 0.813. The van der Waals surface area contributed by atoms with Crippen LogP contribution >= 0.6 is 11.8 Å². The molecule has 72 valence electrons. The molecule has 1 fully saturated rings. The van der Waals surface area contributed by atoms with E-state index in [0.717, 1.165) is 11.5 Å². The molecule has 0 amide bonds. The molecule has 0 aromatic heterocycles. The second-order valence-corrected chi connectivity index (χ2v) is 4.16. The minimum absolute atomic E-state index is 0.0503. The Kier molecular flexibility index (Phi) is 3.29. The first-order chi connectivity index (χ1) is 5.50. The molecule has 0 aliphatic carbocycles. The van der Waals surface area contributed by atoms with E-state index in [-0.39, 0.29) is 6.54 Å². The van der Waals surface area contributed by atoms with Crippen molar-refractivity contribution in [3.05, 3.63) is 0 Å². The average Bonchev–Trinajstić information content (AvgIpc) is 1.81. The highest BCUT2D eigenvalue weighted by Crippen LogP contribution is 2.25. The van der Waals surface area contributed by atoms with E-state index in [9.17, 15) is 13.2 Å². The van der Waals surface area contributed by atoms with Crippen molar-refractivity contribution in [3.8, 4) is 0 Å². The SMILES string of the molecule is CC(CNC1CSC1)C(F)(F)F. The summed E-state index contributed by atoms with van der Waals surface area (Å²) in [6.07, 6.45) is -4.05. The van der Waals surface area contributed by atoms with Gasteiger partial charge in [0.25, 0.3) is 0 Å². The van der Waals surface area contributed by atoms with Gasteiger partial charge in [0.05, 0.1) is 5.92 Å². The third kappa shape index (κ3) is 2.86. The molecule has 1 N–H and O–H groups in total. The summed E-state index contributed by atoms with van der Waals surface area (Å²) in [5, 5.41) is 2.88. The van der Waals surface area contributed by atoms with Gasteiger partial charge < -0.3 is 5.32 Å². The zero-order valence-electron chi connectivity index (χ0n) is 6.82. The molecule has 0 saturated carbocycles. The molecule has 1 heterocycles. The maximum atomic E-state index is 12.0. The van der Waals surface area contributed by atoms with Gasteiger partial charge in [0, 0.05) is 24.1 Å². The molecule has 1 atom stereocenters. The zero-order chi connectivity index (χ0) is 9.19. The van der Waals surface area contributed by atoms with Crippen LogP contribution in [0.15, 0.2) is 0 Å². The van der Waals surface area contributed by atoms with Crippen LogP contribution in [0.5, 0.6) is 0 Å². The minimum atomic E-state index is -4.05. The van der Waals surface area contributed by atoms with Crippen LogP contribution in [0.4, 0.5) is 13.2 Å². The Morgan fingerprint density at radius 1 is 1.50 bits per heavy atom. The lowest BCUT2D eigenvalue weighted by Crippen LogP contribution is -2.44. The third-order valence-corrected chi connectivity index (χ3v) is 3.19. The van der Waals surface area contributed by atoms with Gasteiger partial charge in [0.15, 0.2) is 0 Å². The zero-order valence-corrected chi connectivity index (χ0v) is 7.63. The van der Waals surface area contributed by atoms with E-state index in [1.807, 2.05) is 0 Å². The maximum absolute atomic E-state index is 12.0. The van der Waals surface area contributed by atoms with E-state index in [1.165, 1.54) is 6.92 Å². The summed E-state index contributed by atoms with van der Waals surface area (Å²) in [7, 11) is 0. The first kappa shape index (κ1) is 10.2. The van der Waals surface area contributed by atoms with Crippen LogP contribution in [0.25, 0.3) is 0 Å².